The summed E-state index contributed by atoms with van der Waals surface area (Å²) in [6, 6.07) is 3.75. The van der Waals surface area contributed by atoms with Crippen molar-refractivity contribution in [3.63, 3.8) is 0 Å². The quantitative estimate of drug-likeness (QED) is 0.775. The van der Waals surface area contributed by atoms with Crippen molar-refractivity contribution in [2.45, 2.75) is 38.3 Å². The molecule has 0 aromatic heterocycles. The lowest BCUT2D eigenvalue weighted by atomic mass is 9.79. The van der Waals surface area contributed by atoms with Crippen molar-refractivity contribution in [2.24, 2.45) is 15.7 Å². The third-order valence-corrected chi connectivity index (χ3v) is 4.88. The van der Waals surface area contributed by atoms with Gasteiger partial charge in [-0.3, -0.25) is 4.99 Å². The standard InChI is InChI=1S/C19H22FN5O/c1-11-22-8-7-17(25-11)26-19-13(12-3-2-4-12)5-6-14(18(19)20)15-9-24-16(21)10-23-15/h5-9,11-12,23,25H,2-4,10H2,1H3,(H2,21,24). The van der Waals surface area contributed by atoms with Crippen LogP contribution in [0.5, 0.6) is 5.75 Å². The largest absolute Gasteiger partial charge is 0.438 e. The van der Waals surface area contributed by atoms with Gasteiger partial charge in [0.1, 0.15) is 12.0 Å². The van der Waals surface area contributed by atoms with Crippen LogP contribution in [-0.4, -0.2) is 24.8 Å². The van der Waals surface area contributed by atoms with Crippen molar-refractivity contribution in [1.29, 1.82) is 0 Å². The fraction of sp³-hybridized carbons (Fsp3) is 0.368. The Bertz CT molecular complexity index is 839. The molecule has 1 saturated carbocycles. The number of nitrogens with two attached hydrogens (primary N) is 1. The second kappa shape index (κ2) is 6.82. The van der Waals surface area contributed by atoms with Crippen molar-refractivity contribution in [3.8, 4) is 5.75 Å². The summed E-state index contributed by atoms with van der Waals surface area (Å²) in [5.41, 5.74) is 7.60. The fourth-order valence-corrected chi connectivity index (χ4v) is 3.22. The lowest BCUT2D eigenvalue weighted by Crippen LogP contribution is -2.31. The van der Waals surface area contributed by atoms with Gasteiger partial charge >= 0.3 is 0 Å². The summed E-state index contributed by atoms with van der Waals surface area (Å²) in [7, 11) is 0. The molecule has 0 radical (unpaired) electrons. The summed E-state index contributed by atoms with van der Waals surface area (Å²) in [6.07, 6.45) is 8.11. The highest BCUT2D eigenvalue weighted by molar-refractivity contribution is 5.87. The molecule has 1 unspecified atom stereocenters. The molecule has 4 N–H and O–H groups in total. The van der Waals surface area contributed by atoms with Gasteiger partial charge in [0.25, 0.3) is 0 Å². The Morgan fingerprint density at radius 1 is 1.31 bits per heavy atom. The predicted molar refractivity (Wildman–Crippen MR) is 100 cm³/mol. The predicted octanol–water partition coefficient (Wildman–Crippen LogP) is 2.59. The lowest BCUT2D eigenvalue weighted by Gasteiger charge is -2.29. The molecule has 0 bridgehead atoms. The number of amidine groups is 1. The SMILES string of the molecule is CC1N=CC=C(Oc2c(C3CCC3)ccc(C3=CN=C(N)CN3)c2F)N1. The van der Waals surface area contributed by atoms with Gasteiger partial charge in [-0.1, -0.05) is 12.5 Å². The molecule has 1 atom stereocenters. The molecule has 1 aromatic carbocycles. The number of halogens is 1. The molecule has 3 aliphatic rings. The van der Waals surface area contributed by atoms with Gasteiger partial charge in [-0.25, -0.2) is 9.38 Å². The fourth-order valence-electron chi connectivity index (χ4n) is 3.22. The monoisotopic (exact) mass is 355 g/mol. The van der Waals surface area contributed by atoms with E-state index in [4.69, 9.17) is 10.5 Å². The van der Waals surface area contributed by atoms with Gasteiger partial charge in [0.2, 0.25) is 0 Å². The van der Waals surface area contributed by atoms with E-state index in [1.807, 2.05) is 13.0 Å². The maximum Gasteiger partial charge on any atom is 0.196 e. The molecule has 4 rings (SSSR count). The van der Waals surface area contributed by atoms with E-state index >= 15 is 4.39 Å². The van der Waals surface area contributed by atoms with Crippen LogP contribution in [0.25, 0.3) is 5.70 Å². The molecule has 6 nitrogen and oxygen atoms in total. The Kier molecular flexibility index (Phi) is 4.36. The molecule has 1 aliphatic carbocycles. The summed E-state index contributed by atoms with van der Waals surface area (Å²) >= 11 is 0. The zero-order valence-corrected chi connectivity index (χ0v) is 14.6. The summed E-state index contributed by atoms with van der Waals surface area (Å²) < 4.78 is 21.4. The van der Waals surface area contributed by atoms with Crippen LogP contribution in [-0.2, 0) is 0 Å². The van der Waals surface area contributed by atoms with Crippen LogP contribution in [0.2, 0.25) is 0 Å². The molecule has 2 aliphatic heterocycles. The first kappa shape index (κ1) is 16.6. The van der Waals surface area contributed by atoms with Crippen molar-refractivity contribution >= 4 is 17.7 Å². The minimum atomic E-state index is -0.387. The maximum absolute atomic E-state index is 15.4. The highest BCUT2D eigenvalue weighted by Gasteiger charge is 2.28. The van der Waals surface area contributed by atoms with Gasteiger partial charge in [0.05, 0.1) is 18.4 Å². The number of rotatable bonds is 4. The second-order valence-electron chi connectivity index (χ2n) is 6.74. The third kappa shape index (κ3) is 3.16. The Hall–Kier alpha value is -2.83. The number of nitrogens with zero attached hydrogens (tertiary/aromatic N) is 2. The Labute approximate surface area is 151 Å². The topological polar surface area (TPSA) is 84.0 Å². The molecule has 7 heteroatoms. The first-order valence-corrected chi connectivity index (χ1v) is 8.88. The number of aliphatic imine (C=N–C) groups is 2. The van der Waals surface area contributed by atoms with E-state index in [1.54, 1.807) is 24.6 Å². The average molecular weight is 355 g/mol. The van der Waals surface area contributed by atoms with E-state index in [9.17, 15) is 0 Å². The number of hydrogen-bond donors (Lipinski definition) is 3. The Morgan fingerprint density at radius 3 is 2.81 bits per heavy atom. The number of allylic oxidation sites excluding steroid dienone is 1. The van der Waals surface area contributed by atoms with Gasteiger partial charge in [0.15, 0.2) is 17.4 Å². The molecule has 0 spiro atoms. The lowest BCUT2D eigenvalue weighted by molar-refractivity contribution is 0.326. The molecule has 1 fully saturated rings. The van der Waals surface area contributed by atoms with Crippen LogP contribution in [0.15, 0.2) is 40.3 Å². The zero-order chi connectivity index (χ0) is 18.1. The molecular weight excluding hydrogens is 333 g/mol. The normalized spacial score (nSPS) is 22.4. The molecule has 2 heterocycles. The van der Waals surface area contributed by atoms with Crippen LogP contribution in [0, 0.1) is 5.82 Å². The van der Waals surface area contributed by atoms with E-state index < -0.39 is 0 Å². The number of nitrogens with one attached hydrogen (secondary N) is 2. The van der Waals surface area contributed by atoms with E-state index in [0.717, 1.165) is 18.4 Å². The van der Waals surface area contributed by atoms with Gasteiger partial charge in [-0.15, -0.1) is 0 Å². The molecule has 0 saturated heterocycles. The van der Waals surface area contributed by atoms with Crippen LogP contribution in [0.1, 0.15) is 43.2 Å². The molecule has 1 aromatic rings. The van der Waals surface area contributed by atoms with Gasteiger partial charge in [0, 0.05) is 23.4 Å². The highest BCUT2D eigenvalue weighted by Crippen LogP contribution is 2.43. The Balaban J connectivity index is 1.72. The summed E-state index contributed by atoms with van der Waals surface area (Å²) in [5.74, 6) is 1.20. The Morgan fingerprint density at radius 2 is 2.15 bits per heavy atom. The molecular formula is C19H22FN5O. The number of ether oxygens (including phenoxy) is 1. The zero-order valence-electron chi connectivity index (χ0n) is 14.6. The highest BCUT2D eigenvalue weighted by atomic mass is 19.1. The average Bonchev–Trinajstić information content (AvgIpc) is 2.58. The van der Waals surface area contributed by atoms with Crippen molar-refractivity contribution in [3.05, 3.63) is 47.2 Å². The first-order valence-electron chi connectivity index (χ1n) is 8.88. The van der Waals surface area contributed by atoms with E-state index in [-0.39, 0.29) is 17.7 Å². The minimum absolute atomic E-state index is 0.103. The van der Waals surface area contributed by atoms with Crippen LogP contribution in [0.4, 0.5) is 4.39 Å². The van der Waals surface area contributed by atoms with Crippen molar-refractivity contribution in [2.75, 3.05) is 6.54 Å². The van der Waals surface area contributed by atoms with E-state index in [1.165, 1.54) is 6.42 Å². The van der Waals surface area contributed by atoms with Crippen molar-refractivity contribution < 1.29 is 9.13 Å². The van der Waals surface area contributed by atoms with E-state index in [2.05, 4.69) is 20.6 Å². The smallest absolute Gasteiger partial charge is 0.196 e. The first-order chi connectivity index (χ1) is 12.6. The number of benzene rings is 1. The van der Waals surface area contributed by atoms with E-state index in [0.29, 0.717) is 35.4 Å². The number of hydrogen-bond acceptors (Lipinski definition) is 6. The summed E-state index contributed by atoms with van der Waals surface area (Å²) in [5, 5.41) is 6.20. The summed E-state index contributed by atoms with van der Waals surface area (Å²) in [4.78, 5) is 8.29. The molecule has 0 amide bonds. The maximum atomic E-state index is 15.4. The second-order valence-corrected chi connectivity index (χ2v) is 6.74. The minimum Gasteiger partial charge on any atom is -0.438 e. The van der Waals surface area contributed by atoms with Crippen molar-refractivity contribution in [1.82, 2.24) is 10.6 Å². The third-order valence-electron chi connectivity index (χ3n) is 4.88. The van der Waals surface area contributed by atoms with Gasteiger partial charge in [-0.05, 0) is 31.7 Å². The summed E-state index contributed by atoms with van der Waals surface area (Å²) in [6.45, 7) is 2.30. The molecule has 136 valence electrons. The van der Waals surface area contributed by atoms with Gasteiger partial charge in [-0.2, -0.15) is 0 Å². The molecule has 26 heavy (non-hydrogen) atoms. The van der Waals surface area contributed by atoms with Crippen LogP contribution in [0.3, 0.4) is 0 Å². The van der Waals surface area contributed by atoms with Crippen LogP contribution < -0.4 is 21.1 Å². The van der Waals surface area contributed by atoms with Crippen LogP contribution >= 0.6 is 0 Å². The van der Waals surface area contributed by atoms with Gasteiger partial charge < -0.3 is 21.1 Å².